The van der Waals surface area contributed by atoms with Gasteiger partial charge in [0.15, 0.2) is 6.61 Å². The van der Waals surface area contributed by atoms with E-state index >= 15 is 0 Å². The zero-order valence-electron chi connectivity index (χ0n) is 11.0. The van der Waals surface area contributed by atoms with Crippen molar-refractivity contribution in [3.63, 3.8) is 0 Å². The number of ether oxygens (including phenoxy) is 2. The maximum Gasteiger partial charge on any atom is 0.203 e. The monoisotopic (exact) mass is 267 g/mol. The van der Waals surface area contributed by atoms with Crippen molar-refractivity contribution in [1.82, 2.24) is 0 Å². The number of nitrogens with zero attached hydrogens (tertiary/aromatic N) is 1. The molecule has 0 saturated heterocycles. The number of nitriles is 1. The Balaban J connectivity index is 2.07. The Bertz CT molecular complexity index is 659. The minimum absolute atomic E-state index is 0.102. The van der Waals surface area contributed by atoms with Crippen molar-refractivity contribution in [2.75, 3.05) is 13.7 Å². The molecule has 0 bridgehead atoms. The van der Waals surface area contributed by atoms with Gasteiger partial charge in [-0.1, -0.05) is 18.2 Å². The van der Waals surface area contributed by atoms with Gasteiger partial charge in [0.1, 0.15) is 11.5 Å². The van der Waals surface area contributed by atoms with Crippen LogP contribution in [-0.2, 0) is 0 Å². The Kier molecular flexibility index (Phi) is 4.35. The molecule has 0 saturated carbocycles. The number of ketones is 1. The number of rotatable bonds is 5. The summed E-state index contributed by atoms with van der Waals surface area (Å²) in [6.45, 7) is -0.102. The Morgan fingerprint density at radius 2 is 2.00 bits per heavy atom. The molecule has 0 radical (unpaired) electrons. The van der Waals surface area contributed by atoms with Crippen molar-refractivity contribution in [2.24, 2.45) is 0 Å². The van der Waals surface area contributed by atoms with Crippen molar-refractivity contribution in [3.05, 3.63) is 59.7 Å². The van der Waals surface area contributed by atoms with Crippen LogP contribution in [0.15, 0.2) is 48.5 Å². The smallest absolute Gasteiger partial charge is 0.203 e. The predicted octanol–water partition coefficient (Wildman–Crippen LogP) is 2.83. The van der Waals surface area contributed by atoms with Crippen LogP contribution < -0.4 is 9.47 Å². The number of carbonyl (C=O) groups excluding carboxylic acids is 1. The summed E-state index contributed by atoms with van der Waals surface area (Å²) in [5.74, 6) is 0.837. The Labute approximate surface area is 117 Å². The van der Waals surface area contributed by atoms with E-state index in [1.54, 1.807) is 48.5 Å². The van der Waals surface area contributed by atoms with Crippen molar-refractivity contribution in [3.8, 4) is 17.6 Å². The molecule has 100 valence electrons. The molecule has 0 spiro atoms. The first-order chi connectivity index (χ1) is 9.74. The van der Waals surface area contributed by atoms with Gasteiger partial charge in [0.25, 0.3) is 0 Å². The fourth-order valence-corrected chi connectivity index (χ4v) is 1.76. The van der Waals surface area contributed by atoms with E-state index in [0.717, 1.165) is 0 Å². The highest BCUT2D eigenvalue weighted by molar-refractivity contribution is 5.99. The second-order valence-corrected chi connectivity index (χ2v) is 4.05. The van der Waals surface area contributed by atoms with Crippen molar-refractivity contribution < 1.29 is 14.3 Å². The minimum atomic E-state index is -0.176. The first-order valence-corrected chi connectivity index (χ1v) is 6.04. The summed E-state index contributed by atoms with van der Waals surface area (Å²) >= 11 is 0. The molecule has 20 heavy (non-hydrogen) atoms. The summed E-state index contributed by atoms with van der Waals surface area (Å²) in [7, 11) is 1.52. The fraction of sp³-hybridized carbons (Fsp3) is 0.125. The van der Waals surface area contributed by atoms with E-state index in [4.69, 9.17) is 14.7 Å². The third-order valence-electron chi connectivity index (χ3n) is 2.74. The number of benzene rings is 2. The average Bonchev–Trinajstić information content (AvgIpc) is 2.52. The highest BCUT2D eigenvalue weighted by Crippen LogP contribution is 2.19. The molecular weight excluding hydrogens is 254 g/mol. The molecular formula is C16H13NO3. The maximum absolute atomic E-state index is 12.1. The fourth-order valence-electron chi connectivity index (χ4n) is 1.76. The van der Waals surface area contributed by atoms with Crippen LogP contribution in [0.3, 0.4) is 0 Å². The topological polar surface area (TPSA) is 59.3 Å². The highest BCUT2D eigenvalue weighted by Gasteiger charge is 2.12. The first kappa shape index (κ1) is 13.6. The van der Waals surface area contributed by atoms with Crippen LogP contribution in [0.5, 0.6) is 11.5 Å². The molecule has 0 fully saturated rings. The van der Waals surface area contributed by atoms with Crippen molar-refractivity contribution in [1.29, 1.82) is 5.26 Å². The van der Waals surface area contributed by atoms with Gasteiger partial charge < -0.3 is 9.47 Å². The van der Waals surface area contributed by atoms with Gasteiger partial charge in [0.05, 0.1) is 24.3 Å². The van der Waals surface area contributed by atoms with Crippen LogP contribution in [0, 0.1) is 11.3 Å². The largest absolute Gasteiger partial charge is 0.496 e. The molecule has 2 aromatic rings. The lowest BCUT2D eigenvalue weighted by atomic mass is 10.1. The number of para-hydroxylation sites is 1. The molecule has 4 heteroatoms. The quantitative estimate of drug-likeness (QED) is 0.781. The Morgan fingerprint density at radius 3 is 2.75 bits per heavy atom. The normalized spacial score (nSPS) is 9.60. The van der Waals surface area contributed by atoms with Gasteiger partial charge >= 0.3 is 0 Å². The standard InChI is InChI=1S/C16H13NO3/c1-19-16-8-3-2-7-14(16)15(18)11-20-13-6-4-5-12(9-13)10-17/h2-9H,11H2,1H3. The molecule has 0 amide bonds. The van der Waals surface area contributed by atoms with Gasteiger partial charge in [-0.25, -0.2) is 0 Å². The summed E-state index contributed by atoms with van der Waals surface area (Å²) in [5, 5.41) is 8.80. The molecule has 0 aliphatic heterocycles. The number of carbonyl (C=O) groups is 1. The maximum atomic E-state index is 12.1. The van der Waals surface area contributed by atoms with Gasteiger partial charge in [-0.05, 0) is 30.3 Å². The number of hydrogen-bond donors (Lipinski definition) is 0. The number of methoxy groups -OCH3 is 1. The van der Waals surface area contributed by atoms with E-state index < -0.39 is 0 Å². The van der Waals surface area contributed by atoms with Gasteiger partial charge in [-0.2, -0.15) is 5.26 Å². The lowest BCUT2D eigenvalue weighted by molar-refractivity contribution is 0.0918. The van der Waals surface area contributed by atoms with E-state index in [2.05, 4.69) is 0 Å². The van der Waals surface area contributed by atoms with Crippen molar-refractivity contribution >= 4 is 5.78 Å². The van der Waals surface area contributed by atoms with Crippen LogP contribution in [0.1, 0.15) is 15.9 Å². The van der Waals surface area contributed by atoms with Crippen LogP contribution in [0.4, 0.5) is 0 Å². The zero-order valence-corrected chi connectivity index (χ0v) is 11.0. The second-order valence-electron chi connectivity index (χ2n) is 4.05. The lowest BCUT2D eigenvalue weighted by Gasteiger charge is -2.08. The van der Waals surface area contributed by atoms with Crippen LogP contribution >= 0.6 is 0 Å². The van der Waals surface area contributed by atoms with E-state index in [0.29, 0.717) is 22.6 Å². The zero-order chi connectivity index (χ0) is 14.4. The molecule has 2 aromatic carbocycles. The number of hydrogen-bond acceptors (Lipinski definition) is 4. The van der Waals surface area contributed by atoms with Crippen molar-refractivity contribution in [2.45, 2.75) is 0 Å². The summed E-state index contributed by atoms with van der Waals surface area (Å²) in [6, 6.07) is 15.7. The molecule has 0 N–H and O–H groups in total. The second kappa shape index (κ2) is 6.39. The Hall–Kier alpha value is -2.80. The molecule has 2 rings (SSSR count). The van der Waals surface area contributed by atoms with Gasteiger partial charge in [-0.15, -0.1) is 0 Å². The van der Waals surface area contributed by atoms with E-state index in [-0.39, 0.29) is 12.4 Å². The highest BCUT2D eigenvalue weighted by atomic mass is 16.5. The molecule has 0 atom stereocenters. The van der Waals surface area contributed by atoms with Crippen LogP contribution in [0.25, 0.3) is 0 Å². The van der Waals surface area contributed by atoms with Crippen LogP contribution in [-0.4, -0.2) is 19.5 Å². The van der Waals surface area contributed by atoms with E-state index in [9.17, 15) is 4.79 Å². The third-order valence-corrected chi connectivity index (χ3v) is 2.74. The molecule has 4 nitrogen and oxygen atoms in total. The summed E-state index contributed by atoms with van der Waals surface area (Å²) in [4.78, 5) is 12.1. The van der Waals surface area contributed by atoms with Gasteiger partial charge in [-0.3, -0.25) is 4.79 Å². The van der Waals surface area contributed by atoms with Crippen LogP contribution in [0.2, 0.25) is 0 Å². The third kappa shape index (κ3) is 3.15. The van der Waals surface area contributed by atoms with E-state index in [1.165, 1.54) is 7.11 Å². The summed E-state index contributed by atoms with van der Waals surface area (Å²) in [6.07, 6.45) is 0. The summed E-state index contributed by atoms with van der Waals surface area (Å²) in [5.41, 5.74) is 0.971. The molecule has 0 unspecified atom stereocenters. The molecule has 0 aromatic heterocycles. The molecule has 0 aliphatic rings. The first-order valence-electron chi connectivity index (χ1n) is 6.04. The van der Waals surface area contributed by atoms with Gasteiger partial charge in [0, 0.05) is 0 Å². The van der Waals surface area contributed by atoms with Gasteiger partial charge in [0.2, 0.25) is 5.78 Å². The number of Topliss-reactive ketones (excluding diaryl/α,β-unsaturated/α-hetero) is 1. The SMILES string of the molecule is COc1ccccc1C(=O)COc1cccc(C#N)c1. The predicted molar refractivity (Wildman–Crippen MR) is 74.0 cm³/mol. The Morgan fingerprint density at radius 1 is 1.20 bits per heavy atom. The average molecular weight is 267 g/mol. The lowest BCUT2D eigenvalue weighted by Crippen LogP contribution is -2.12. The van der Waals surface area contributed by atoms with E-state index in [1.807, 2.05) is 6.07 Å². The minimum Gasteiger partial charge on any atom is -0.496 e. The molecule has 0 aliphatic carbocycles. The molecule has 0 heterocycles. The summed E-state index contributed by atoms with van der Waals surface area (Å²) < 4.78 is 10.5.